The number of esters is 1. The van der Waals surface area contributed by atoms with E-state index in [1.165, 1.54) is 24.9 Å². The molecule has 2 aromatic rings. The molecule has 0 aliphatic heterocycles. The number of halogens is 1. The Morgan fingerprint density at radius 1 is 1.23 bits per heavy atom. The molecular formula is C22H20ClNO6S. The zero-order valence-corrected chi connectivity index (χ0v) is 18.1. The molecule has 0 spiro atoms. The third-order valence-electron chi connectivity index (χ3n) is 6.24. The quantitative estimate of drug-likeness (QED) is 0.302. The highest BCUT2D eigenvalue weighted by molar-refractivity contribution is 8.00. The second-order valence-electron chi connectivity index (χ2n) is 7.76. The summed E-state index contributed by atoms with van der Waals surface area (Å²) >= 11 is 8.22. The molecule has 1 saturated carbocycles. The number of nitro groups is 1. The van der Waals surface area contributed by atoms with E-state index >= 15 is 0 Å². The van der Waals surface area contributed by atoms with Gasteiger partial charge in [-0.15, -0.1) is 23.4 Å². The Bertz CT molecular complexity index is 1060. The number of alkyl halides is 1. The van der Waals surface area contributed by atoms with Crippen molar-refractivity contribution in [3.63, 3.8) is 0 Å². The Balaban J connectivity index is 1.73. The van der Waals surface area contributed by atoms with Gasteiger partial charge in [0.05, 0.1) is 33.8 Å². The summed E-state index contributed by atoms with van der Waals surface area (Å²) in [7, 11) is 1.29. The van der Waals surface area contributed by atoms with Crippen molar-refractivity contribution in [3.8, 4) is 0 Å². The Morgan fingerprint density at radius 3 is 2.65 bits per heavy atom. The minimum atomic E-state index is -0.930. The highest BCUT2D eigenvalue weighted by Crippen LogP contribution is 2.56. The van der Waals surface area contributed by atoms with E-state index in [4.69, 9.17) is 16.3 Å². The van der Waals surface area contributed by atoms with Crippen molar-refractivity contribution in [1.29, 1.82) is 0 Å². The van der Waals surface area contributed by atoms with Crippen LogP contribution in [0.1, 0.15) is 33.8 Å². The van der Waals surface area contributed by atoms with Crippen LogP contribution in [0.3, 0.4) is 0 Å². The number of fused-ring (bicyclic) bond motifs is 3. The Hall–Kier alpha value is -2.58. The molecule has 0 saturated heterocycles. The fraction of sp³-hybridized carbons (Fsp3) is 0.364. The number of hydrogen-bond acceptors (Lipinski definition) is 6. The third-order valence-corrected chi connectivity index (χ3v) is 8.35. The molecule has 0 aromatic heterocycles. The standard InChI is InChI=1S/C22H20ClNO6S/c1-30-22(27)12-6-4-5-11-13(12)9-15(21(25)26)14-10-18(20(23)19(11)14)31-17-8-3-2-7-16(17)24(28)29/h2-8,14-15,18-20H,9-10H2,1H3,(H,25,26). The van der Waals surface area contributed by atoms with Gasteiger partial charge in [-0.1, -0.05) is 24.3 Å². The molecule has 162 valence electrons. The molecular weight excluding hydrogens is 442 g/mol. The van der Waals surface area contributed by atoms with Gasteiger partial charge in [0.25, 0.3) is 5.69 Å². The van der Waals surface area contributed by atoms with Gasteiger partial charge in [-0.05, 0) is 42.0 Å². The maximum atomic E-state index is 12.3. The van der Waals surface area contributed by atoms with E-state index in [0.29, 0.717) is 22.4 Å². The second kappa shape index (κ2) is 8.51. The minimum absolute atomic E-state index is 0.00870. The lowest BCUT2D eigenvalue weighted by molar-refractivity contribution is -0.387. The van der Waals surface area contributed by atoms with E-state index in [9.17, 15) is 24.8 Å². The van der Waals surface area contributed by atoms with Crippen LogP contribution in [-0.4, -0.2) is 39.7 Å². The first kappa shape index (κ1) is 21.6. The predicted molar refractivity (Wildman–Crippen MR) is 116 cm³/mol. The van der Waals surface area contributed by atoms with Crippen LogP contribution in [0.25, 0.3) is 0 Å². The average molecular weight is 462 g/mol. The molecule has 1 fully saturated rings. The van der Waals surface area contributed by atoms with Crippen LogP contribution in [0.2, 0.25) is 0 Å². The van der Waals surface area contributed by atoms with Crippen LogP contribution in [-0.2, 0) is 16.0 Å². The van der Waals surface area contributed by atoms with Crippen LogP contribution in [0, 0.1) is 22.0 Å². The van der Waals surface area contributed by atoms with Gasteiger partial charge in [0, 0.05) is 17.2 Å². The summed E-state index contributed by atoms with van der Waals surface area (Å²) in [5, 5.41) is 20.7. The summed E-state index contributed by atoms with van der Waals surface area (Å²) in [5.41, 5.74) is 1.92. The maximum Gasteiger partial charge on any atom is 0.338 e. The lowest BCUT2D eigenvalue weighted by Crippen LogP contribution is -2.35. The molecule has 31 heavy (non-hydrogen) atoms. The monoisotopic (exact) mass is 461 g/mol. The molecule has 0 amide bonds. The first-order valence-electron chi connectivity index (χ1n) is 9.80. The summed E-state index contributed by atoms with van der Waals surface area (Å²) in [4.78, 5) is 35.9. The number of hydrogen-bond donors (Lipinski definition) is 1. The number of nitro benzene ring substituents is 1. The summed E-state index contributed by atoms with van der Waals surface area (Å²) in [6.45, 7) is 0. The zero-order chi connectivity index (χ0) is 22.3. The molecule has 2 aliphatic carbocycles. The largest absolute Gasteiger partial charge is 0.481 e. The number of carboxylic acid groups (broad SMARTS) is 1. The fourth-order valence-corrected chi connectivity index (χ4v) is 6.84. The molecule has 9 heteroatoms. The van der Waals surface area contributed by atoms with Crippen molar-refractivity contribution in [2.24, 2.45) is 11.8 Å². The van der Waals surface area contributed by atoms with Crippen molar-refractivity contribution in [1.82, 2.24) is 0 Å². The number of benzene rings is 2. The van der Waals surface area contributed by atoms with Crippen molar-refractivity contribution < 1.29 is 24.4 Å². The van der Waals surface area contributed by atoms with Crippen molar-refractivity contribution >= 4 is 41.0 Å². The number of carbonyl (C=O) groups is 2. The van der Waals surface area contributed by atoms with E-state index in [1.807, 2.05) is 6.07 Å². The number of methoxy groups -OCH3 is 1. The Morgan fingerprint density at radius 2 is 1.97 bits per heavy atom. The molecule has 2 aromatic carbocycles. The highest BCUT2D eigenvalue weighted by Gasteiger charge is 2.52. The first-order chi connectivity index (χ1) is 14.8. The van der Waals surface area contributed by atoms with Gasteiger partial charge < -0.3 is 9.84 Å². The summed E-state index contributed by atoms with van der Waals surface area (Å²) in [6, 6.07) is 11.8. The number of ether oxygens (including phenoxy) is 1. The molecule has 5 atom stereocenters. The van der Waals surface area contributed by atoms with E-state index in [0.717, 1.165) is 5.56 Å². The van der Waals surface area contributed by atoms with E-state index in [2.05, 4.69) is 0 Å². The Kier molecular flexibility index (Phi) is 5.94. The molecule has 0 radical (unpaired) electrons. The lowest BCUT2D eigenvalue weighted by Gasteiger charge is -2.35. The van der Waals surface area contributed by atoms with Crippen molar-refractivity contribution in [3.05, 3.63) is 69.3 Å². The van der Waals surface area contributed by atoms with Gasteiger partial charge in [0.1, 0.15) is 0 Å². The van der Waals surface area contributed by atoms with Crippen LogP contribution < -0.4 is 0 Å². The molecule has 5 unspecified atom stereocenters. The summed E-state index contributed by atoms with van der Waals surface area (Å²) in [5.74, 6) is -2.62. The van der Waals surface area contributed by atoms with Gasteiger partial charge in [0.15, 0.2) is 0 Å². The smallest absolute Gasteiger partial charge is 0.338 e. The van der Waals surface area contributed by atoms with Crippen LogP contribution in [0.4, 0.5) is 5.69 Å². The van der Waals surface area contributed by atoms with Gasteiger partial charge in [-0.25, -0.2) is 4.79 Å². The Labute approximate surface area is 187 Å². The molecule has 2 aliphatic rings. The fourth-order valence-electron chi connectivity index (χ4n) is 4.90. The molecule has 7 nitrogen and oxygen atoms in total. The highest BCUT2D eigenvalue weighted by atomic mass is 35.5. The number of aliphatic carboxylic acids is 1. The predicted octanol–water partition coefficient (Wildman–Crippen LogP) is 4.51. The first-order valence-corrected chi connectivity index (χ1v) is 11.1. The number of nitrogens with zero attached hydrogens (tertiary/aromatic N) is 1. The van der Waals surface area contributed by atoms with Crippen LogP contribution >= 0.6 is 23.4 Å². The van der Waals surface area contributed by atoms with E-state index in [1.54, 1.807) is 30.3 Å². The number of para-hydroxylation sites is 1. The number of thioether (sulfide) groups is 1. The van der Waals surface area contributed by atoms with Gasteiger partial charge in [0.2, 0.25) is 0 Å². The molecule has 0 bridgehead atoms. The summed E-state index contributed by atoms with van der Waals surface area (Å²) < 4.78 is 4.88. The van der Waals surface area contributed by atoms with Gasteiger partial charge in [-0.3, -0.25) is 14.9 Å². The number of carboxylic acids is 1. The molecule has 0 heterocycles. The topological polar surface area (TPSA) is 107 Å². The second-order valence-corrected chi connectivity index (χ2v) is 9.55. The summed E-state index contributed by atoms with van der Waals surface area (Å²) in [6.07, 6.45) is 0.748. The number of carbonyl (C=O) groups excluding carboxylic acids is 1. The minimum Gasteiger partial charge on any atom is -0.481 e. The third kappa shape index (κ3) is 3.78. The van der Waals surface area contributed by atoms with Crippen molar-refractivity contribution in [2.75, 3.05) is 7.11 Å². The lowest BCUT2D eigenvalue weighted by atomic mass is 9.69. The normalized spacial score (nSPS) is 26.6. The SMILES string of the molecule is COC(=O)c1cccc2c1CC(C(=O)O)C1CC(Sc3ccccc3[N+](=O)[O-])C(Cl)C21. The molecule has 1 N–H and O–H groups in total. The van der Waals surface area contributed by atoms with E-state index < -0.39 is 28.2 Å². The van der Waals surface area contributed by atoms with Crippen molar-refractivity contribution in [2.45, 2.75) is 34.3 Å². The molecule has 4 rings (SSSR count). The van der Waals surface area contributed by atoms with Crippen LogP contribution in [0.5, 0.6) is 0 Å². The zero-order valence-electron chi connectivity index (χ0n) is 16.6. The average Bonchev–Trinajstić information content (AvgIpc) is 3.08. The van der Waals surface area contributed by atoms with Gasteiger partial charge in [-0.2, -0.15) is 0 Å². The maximum absolute atomic E-state index is 12.3. The van der Waals surface area contributed by atoms with Gasteiger partial charge >= 0.3 is 11.9 Å². The van der Waals surface area contributed by atoms with Crippen LogP contribution in [0.15, 0.2) is 47.4 Å². The number of rotatable bonds is 5. The van der Waals surface area contributed by atoms with E-state index in [-0.39, 0.29) is 29.2 Å².